The van der Waals surface area contributed by atoms with Gasteiger partial charge in [-0.3, -0.25) is 4.99 Å². The number of amidine groups is 1. The summed E-state index contributed by atoms with van der Waals surface area (Å²) in [4.78, 5) is 24.0. The number of hydrogen-bond acceptors (Lipinski definition) is 7. The topological polar surface area (TPSA) is 84.6 Å². The zero-order valence-corrected chi connectivity index (χ0v) is 22.1. The van der Waals surface area contributed by atoms with Gasteiger partial charge in [-0.1, -0.05) is 35.9 Å². The molecule has 40 heavy (non-hydrogen) atoms. The summed E-state index contributed by atoms with van der Waals surface area (Å²) in [6.07, 6.45) is 2.52. The Morgan fingerprint density at radius 3 is 2.70 bits per heavy atom. The molecule has 1 N–H and O–H groups in total. The Bertz CT molecular complexity index is 1610. The Kier molecular flexibility index (Phi) is 7.03. The molecule has 0 radical (unpaired) electrons. The molecule has 2 atom stereocenters. The van der Waals surface area contributed by atoms with Crippen LogP contribution < -0.4 is 10.1 Å². The number of aliphatic imine (C=N–C) groups is 1. The maximum atomic E-state index is 14.0. The van der Waals surface area contributed by atoms with Gasteiger partial charge in [0.2, 0.25) is 0 Å². The second kappa shape index (κ2) is 10.8. The summed E-state index contributed by atoms with van der Waals surface area (Å²) in [5, 5.41) is 9.56. The predicted molar refractivity (Wildman–Crippen MR) is 144 cm³/mol. The molecule has 2 aromatic carbocycles. The van der Waals surface area contributed by atoms with Crippen LogP contribution in [0.15, 0.2) is 83.1 Å². The van der Waals surface area contributed by atoms with Crippen LogP contribution in [0.3, 0.4) is 0 Å². The number of fused-ring (bicyclic) bond motifs is 1. The van der Waals surface area contributed by atoms with E-state index >= 15 is 0 Å². The van der Waals surface area contributed by atoms with Crippen molar-refractivity contribution in [1.82, 2.24) is 25.0 Å². The molecule has 1 fully saturated rings. The average molecular weight is 585 g/mol. The molecule has 1 amide bonds. The van der Waals surface area contributed by atoms with E-state index in [0.29, 0.717) is 51.1 Å². The quantitative estimate of drug-likeness (QED) is 0.287. The second-order valence-corrected chi connectivity index (χ2v) is 10.3. The molecule has 4 heterocycles. The summed E-state index contributed by atoms with van der Waals surface area (Å²) in [6, 6.07) is 12.9. The number of aromatic nitrogens is 3. The number of alkyl halides is 2. The van der Waals surface area contributed by atoms with E-state index < -0.39 is 30.5 Å². The smallest absolute Gasteiger partial charge is 0.410 e. The summed E-state index contributed by atoms with van der Waals surface area (Å²) in [6.45, 7) is -2.52. The highest BCUT2D eigenvalue weighted by atomic mass is 35.5. The third kappa shape index (κ3) is 5.07. The molecule has 4 aromatic rings. The standard InChI is InChI=1S/C27H20ClF3N6O2S/c28-19-12-15(29)6-7-18(19)23-22(20-8-10-37(35-20)26(30)31)21-13-16(33-27(38)39-17-4-2-1-3-5-17)14-36(21)24(34-23)25-32-9-11-40-25/h1-12,16,23,26H,13-14H2,(H,33,38)/t16-,23-/m0/s1. The van der Waals surface area contributed by atoms with Crippen molar-refractivity contribution >= 4 is 40.4 Å². The van der Waals surface area contributed by atoms with Gasteiger partial charge in [-0.25, -0.2) is 18.9 Å². The number of thiazole rings is 1. The highest BCUT2D eigenvalue weighted by Crippen LogP contribution is 2.46. The van der Waals surface area contributed by atoms with Gasteiger partial charge in [0.15, 0.2) is 10.8 Å². The van der Waals surface area contributed by atoms with Crippen molar-refractivity contribution in [2.45, 2.75) is 25.1 Å². The number of carbonyl (C=O) groups is 1. The largest absolute Gasteiger partial charge is 0.412 e. The number of hydrogen-bond donors (Lipinski definition) is 1. The SMILES string of the molecule is O=C(N[C@H]1CC2=C(c3ccn(C(F)F)n3)[C@H](c3ccc(F)cc3Cl)N=C(c3nccs3)N2C1)Oc1ccccc1. The molecule has 0 unspecified atom stereocenters. The van der Waals surface area contributed by atoms with Crippen molar-refractivity contribution in [2.24, 2.45) is 4.99 Å². The Morgan fingerprint density at radius 1 is 1.18 bits per heavy atom. The van der Waals surface area contributed by atoms with Crippen molar-refractivity contribution in [2.75, 3.05) is 6.54 Å². The van der Waals surface area contributed by atoms with Gasteiger partial charge >= 0.3 is 12.6 Å². The lowest BCUT2D eigenvalue weighted by atomic mass is 9.92. The number of benzene rings is 2. The normalized spacial score (nSPS) is 18.6. The molecule has 6 rings (SSSR count). The van der Waals surface area contributed by atoms with Crippen molar-refractivity contribution in [1.29, 1.82) is 0 Å². The van der Waals surface area contributed by atoms with Gasteiger partial charge in [-0.15, -0.1) is 11.3 Å². The van der Waals surface area contributed by atoms with Crippen molar-refractivity contribution < 1.29 is 22.7 Å². The van der Waals surface area contributed by atoms with E-state index in [1.54, 1.807) is 30.5 Å². The minimum atomic E-state index is -2.84. The lowest BCUT2D eigenvalue weighted by Gasteiger charge is -2.32. The van der Waals surface area contributed by atoms with E-state index in [-0.39, 0.29) is 10.7 Å². The first kappa shape index (κ1) is 26.1. The predicted octanol–water partition coefficient (Wildman–Crippen LogP) is 6.30. The van der Waals surface area contributed by atoms with Crippen molar-refractivity contribution in [3.05, 3.63) is 105 Å². The molecule has 13 heteroatoms. The second-order valence-electron chi connectivity index (χ2n) is 9.04. The molecule has 204 valence electrons. The number of carbonyl (C=O) groups excluding carboxylic acids is 1. The van der Waals surface area contributed by atoms with E-state index in [4.69, 9.17) is 21.3 Å². The number of para-hydroxylation sites is 1. The van der Waals surface area contributed by atoms with Crippen LogP contribution in [0.1, 0.15) is 35.3 Å². The van der Waals surface area contributed by atoms with Gasteiger partial charge in [-0.2, -0.15) is 13.9 Å². The molecule has 2 aromatic heterocycles. The summed E-state index contributed by atoms with van der Waals surface area (Å²) >= 11 is 7.86. The number of nitrogens with one attached hydrogen (secondary N) is 1. The van der Waals surface area contributed by atoms with Crippen molar-refractivity contribution in [3.8, 4) is 5.75 Å². The summed E-state index contributed by atoms with van der Waals surface area (Å²) in [5.41, 5.74) is 1.97. The fourth-order valence-electron chi connectivity index (χ4n) is 4.84. The van der Waals surface area contributed by atoms with Crippen LogP contribution in [0, 0.1) is 5.82 Å². The van der Waals surface area contributed by atoms with Gasteiger partial charge < -0.3 is 15.0 Å². The van der Waals surface area contributed by atoms with Gasteiger partial charge in [0.05, 0.1) is 11.7 Å². The van der Waals surface area contributed by atoms with Crippen molar-refractivity contribution in [3.63, 3.8) is 0 Å². The number of halogens is 4. The van der Waals surface area contributed by atoms with E-state index in [2.05, 4.69) is 15.4 Å². The molecule has 0 spiro atoms. The summed E-state index contributed by atoms with van der Waals surface area (Å²) < 4.78 is 46.9. The minimum Gasteiger partial charge on any atom is -0.410 e. The fourth-order valence-corrected chi connectivity index (χ4v) is 5.75. The third-order valence-corrected chi connectivity index (χ3v) is 7.60. The maximum Gasteiger partial charge on any atom is 0.412 e. The zero-order valence-electron chi connectivity index (χ0n) is 20.5. The molecule has 0 saturated carbocycles. The number of nitrogens with zero attached hydrogens (tertiary/aromatic N) is 5. The Labute approximate surface area is 235 Å². The Balaban J connectivity index is 1.43. The van der Waals surface area contributed by atoms with E-state index in [0.717, 1.165) is 0 Å². The van der Waals surface area contributed by atoms with Gasteiger partial charge in [0.1, 0.15) is 17.6 Å². The molecular weight excluding hydrogens is 565 g/mol. The van der Waals surface area contributed by atoms with Crippen LogP contribution in [0.25, 0.3) is 5.57 Å². The van der Waals surface area contributed by atoms with Crippen LogP contribution in [0.4, 0.5) is 18.0 Å². The highest BCUT2D eigenvalue weighted by molar-refractivity contribution is 7.11. The molecular formula is C27H20ClF3N6O2S. The van der Waals surface area contributed by atoms with Gasteiger partial charge in [0, 0.05) is 52.6 Å². The Hall–Kier alpha value is -4.16. The van der Waals surface area contributed by atoms with E-state index in [9.17, 15) is 18.0 Å². The molecule has 8 nitrogen and oxygen atoms in total. The zero-order chi connectivity index (χ0) is 27.8. The first-order valence-electron chi connectivity index (χ1n) is 12.2. The summed E-state index contributed by atoms with van der Waals surface area (Å²) in [7, 11) is 0. The molecule has 0 bridgehead atoms. The van der Waals surface area contributed by atoms with Crippen LogP contribution in [-0.4, -0.2) is 44.2 Å². The number of rotatable bonds is 6. The molecule has 2 aliphatic heterocycles. The van der Waals surface area contributed by atoms with Gasteiger partial charge in [-0.05, 0) is 30.3 Å². The highest BCUT2D eigenvalue weighted by Gasteiger charge is 2.41. The number of amides is 1. The third-order valence-electron chi connectivity index (χ3n) is 6.50. The number of ether oxygens (including phenoxy) is 1. The minimum absolute atomic E-state index is 0.131. The first-order chi connectivity index (χ1) is 19.4. The fraction of sp³-hybridized carbons (Fsp3) is 0.185. The van der Waals surface area contributed by atoms with E-state index in [1.165, 1.54) is 41.8 Å². The first-order valence-corrected chi connectivity index (χ1v) is 13.4. The average Bonchev–Trinajstić information content (AvgIpc) is 3.69. The lowest BCUT2D eigenvalue weighted by Crippen LogP contribution is -2.40. The van der Waals surface area contributed by atoms with Crippen LogP contribution in [0.2, 0.25) is 5.02 Å². The summed E-state index contributed by atoms with van der Waals surface area (Å²) in [5.74, 6) is 0.394. The Morgan fingerprint density at radius 2 is 2.00 bits per heavy atom. The molecule has 0 aliphatic carbocycles. The molecule has 1 saturated heterocycles. The van der Waals surface area contributed by atoms with Gasteiger partial charge in [0.25, 0.3) is 0 Å². The van der Waals surface area contributed by atoms with Crippen LogP contribution in [-0.2, 0) is 0 Å². The van der Waals surface area contributed by atoms with E-state index in [1.807, 2.05) is 16.3 Å². The lowest BCUT2D eigenvalue weighted by molar-refractivity contribution is 0.0564. The van der Waals surface area contributed by atoms with Crippen LogP contribution in [0.5, 0.6) is 5.75 Å². The monoisotopic (exact) mass is 584 g/mol. The van der Waals surface area contributed by atoms with Crippen LogP contribution >= 0.6 is 22.9 Å². The maximum absolute atomic E-state index is 14.0. The molecule has 2 aliphatic rings.